The summed E-state index contributed by atoms with van der Waals surface area (Å²) in [4.78, 5) is 0. The third-order valence-electron chi connectivity index (χ3n) is 3.24. The molecule has 1 aliphatic carbocycles. The molecule has 100 valence electrons. The Balaban J connectivity index is 1.88. The molecule has 6 heteroatoms. The molecule has 0 fully saturated rings. The molecule has 2 aromatic rings. The average Bonchev–Trinajstić information content (AvgIpc) is 2.98. The number of fused-ring (bicyclic) bond motifs is 1. The SMILES string of the molecule is O=S(=O)(N[C@H]1CCc2cc(Cl)ccc21)c1cccs1. The molecule has 0 aliphatic heterocycles. The van der Waals surface area contributed by atoms with Crippen molar-refractivity contribution in [2.75, 3.05) is 0 Å². The lowest BCUT2D eigenvalue weighted by molar-refractivity contribution is 0.556. The van der Waals surface area contributed by atoms with Gasteiger partial charge in [-0.2, -0.15) is 0 Å². The van der Waals surface area contributed by atoms with Crippen LogP contribution in [0.25, 0.3) is 0 Å². The summed E-state index contributed by atoms with van der Waals surface area (Å²) in [6, 6.07) is 8.83. The summed E-state index contributed by atoms with van der Waals surface area (Å²) in [5.41, 5.74) is 2.16. The fourth-order valence-electron chi connectivity index (χ4n) is 2.37. The van der Waals surface area contributed by atoms with Gasteiger partial charge in [0.2, 0.25) is 0 Å². The Morgan fingerprint density at radius 1 is 1.32 bits per heavy atom. The normalized spacial score (nSPS) is 18.5. The quantitative estimate of drug-likeness (QED) is 0.944. The Labute approximate surface area is 121 Å². The predicted octanol–water partition coefficient (Wildman–Crippen LogP) is 3.37. The Morgan fingerprint density at radius 2 is 2.16 bits per heavy atom. The number of hydrogen-bond acceptors (Lipinski definition) is 3. The highest BCUT2D eigenvalue weighted by Crippen LogP contribution is 2.34. The van der Waals surface area contributed by atoms with Gasteiger partial charge in [-0.1, -0.05) is 23.7 Å². The van der Waals surface area contributed by atoms with E-state index in [2.05, 4.69) is 4.72 Å². The van der Waals surface area contributed by atoms with Crippen molar-refractivity contribution in [1.29, 1.82) is 0 Å². The zero-order valence-corrected chi connectivity index (χ0v) is 12.4. The second-order valence-electron chi connectivity index (χ2n) is 4.49. The molecule has 1 atom stereocenters. The maximum atomic E-state index is 12.2. The lowest BCUT2D eigenvalue weighted by Crippen LogP contribution is -2.26. The molecule has 1 heterocycles. The highest BCUT2D eigenvalue weighted by Gasteiger charge is 2.27. The first-order valence-corrected chi connectivity index (χ1v) is 8.64. The van der Waals surface area contributed by atoms with Gasteiger partial charge in [0.25, 0.3) is 10.0 Å². The first-order chi connectivity index (χ1) is 9.06. The zero-order valence-electron chi connectivity index (χ0n) is 9.97. The third-order valence-corrected chi connectivity index (χ3v) is 6.34. The van der Waals surface area contributed by atoms with Gasteiger partial charge in [0.15, 0.2) is 0 Å². The van der Waals surface area contributed by atoms with Crippen LogP contribution in [-0.4, -0.2) is 8.42 Å². The fourth-order valence-corrected chi connectivity index (χ4v) is 4.82. The van der Waals surface area contributed by atoms with Crippen LogP contribution in [0.2, 0.25) is 5.02 Å². The molecule has 0 spiro atoms. The van der Waals surface area contributed by atoms with E-state index in [1.54, 1.807) is 23.6 Å². The first-order valence-electron chi connectivity index (χ1n) is 5.90. The van der Waals surface area contributed by atoms with Crippen LogP contribution >= 0.6 is 22.9 Å². The molecule has 0 radical (unpaired) electrons. The lowest BCUT2D eigenvalue weighted by Gasteiger charge is -2.13. The van der Waals surface area contributed by atoms with Crippen molar-refractivity contribution < 1.29 is 8.42 Å². The summed E-state index contributed by atoms with van der Waals surface area (Å²) in [6.45, 7) is 0. The van der Waals surface area contributed by atoms with E-state index in [1.165, 1.54) is 11.3 Å². The van der Waals surface area contributed by atoms with Gasteiger partial charge in [-0.25, -0.2) is 13.1 Å². The Hall–Kier alpha value is -0.880. The molecule has 0 unspecified atom stereocenters. The van der Waals surface area contributed by atoms with Crippen molar-refractivity contribution in [1.82, 2.24) is 4.72 Å². The summed E-state index contributed by atoms with van der Waals surface area (Å²) in [5.74, 6) is 0. The molecule has 19 heavy (non-hydrogen) atoms. The van der Waals surface area contributed by atoms with E-state index in [9.17, 15) is 8.42 Å². The number of aryl methyl sites for hydroxylation is 1. The van der Waals surface area contributed by atoms with E-state index >= 15 is 0 Å². The minimum atomic E-state index is -3.42. The molecule has 3 nitrogen and oxygen atoms in total. The maximum absolute atomic E-state index is 12.2. The van der Waals surface area contributed by atoms with E-state index in [4.69, 9.17) is 11.6 Å². The predicted molar refractivity (Wildman–Crippen MR) is 77.2 cm³/mol. The van der Waals surface area contributed by atoms with Crippen LogP contribution in [0.4, 0.5) is 0 Å². The summed E-state index contributed by atoms with van der Waals surface area (Å²) < 4.78 is 27.5. The molecule has 1 aliphatic rings. The monoisotopic (exact) mass is 313 g/mol. The number of hydrogen-bond donors (Lipinski definition) is 1. The minimum absolute atomic E-state index is 0.153. The molecular weight excluding hydrogens is 302 g/mol. The van der Waals surface area contributed by atoms with Crippen molar-refractivity contribution in [3.63, 3.8) is 0 Å². The zero-order chi connectivity index (χ0) is 13.5. The van der Waals surface area contributed by atoms with Gasteiger partial charge < -0.3 is 0 Å². The molecule has 3 rings (SSSR count). The van der Waals surface area contributed by atoms with E-state index < -0.39 is 10.0 Å². The second-order valence-corrected chi connectivity index (χ2v) is 7.81. The highest BCUT2D eigenvalue weighted by molar-refractivity contribution is 7.91. The van der Waals surface area contributed by atoms with Crippen LogP contribution in [0, 0.1) is 0 Å². The van der Waals surface area contributed by atoms with Crippen LogP contribution in [0.3, 0.4) is 0 Å². The molecule has 1 N–H and O–H groups in total. The summed E-state index contributed by atoms with van der Waals surface area (Å²) in [6.07, 6.45) is 1.63. The number of rotatable bonds is 3. The van der Waals surface area contributed by atoms with Gasteiger partial charge in [-0.15, -0.1) is 11.3 Å². The van der Waals surface area contributed by atoms with Gasteiger partial charge >= 0.3 is 0 Å². The van der Waals surface area contributed by atoms with Gasteiger partial charge in [-0.05, 0) is 47.5 Å². The van der Waals surface area contributed by atoms with Gasteiger partial charge in [0, 0.05) is 11.1 Å². The Bertz CT molecular complexity index is 695. The Morgan fingerprint density at radius 3 is 2.89 bits per heavy atom. The fraction of sp³-hybridized carbons (Fsp3) is 0.231. The number of nitrogens with one attached hydrogen (secondary N) is 1. The summed E-state index contributed by atoms with van der Waals surface area (Å²) >= 11 is 7.17. The van der Waals surface area contributed by atoms with Crippen LogP contribution in [0.15, 0.2) is 39.9 Å². The Kier molecular flexibility index (Phi) is 3.39. The van der Waals surface area contributed by atoms with Gasteiger partial charge in [0.1, 0.15) is 4.21 Å². The minimum Gasteiger partial charge on any atom is -0.206 e. The molecule has 0 saturated heterocycles. The molecular formula is C13H12ClNO2S2. The van der Waals surface area contributed by atoms with Gasteiger partial charge in [-0.3, -0.25) is 0 Å². The van der Waals surface area contributed by atoms with Gasteiger partial charge in [0.05, 0.1) is 0 Å². The average molecular weight is 314 g/mol. The van der Waals surface area contributed by atoms with E-state index in [-0.39, 0.29) is 6.04 Å². The first kappa shape index (κ1) is 13.1. The van der Waals surface area contributed by atoms with Crippen LogP contribution in [-0.2, 0) is 16.4 Å². The number of thiophene rings is 1. The van der Waals surface area contributed by atoms with Crippen molar-refractivity contribution in [3.8, 4) is 0 Å². The third kappa shape index (κ3) is 2.56. The van der Waals surface area contributed by atoms with Crippen molar-refractivity contribution in [2.24, 2.45) is 0 Å². The van der Waals surface area contributed by atoms with Crippen LogP contribution in [0.5, 0.6) is 0 Å². The van der Waals surface area contributed by atoms with Crippen LogP contribution in [0.1, 0.15) is 23.6 Å². The van der Waals surface area contributed by atoms with E-state index in [1.807, 2.05) is 12.1 Å². The molecule has 1 aromatic heterocycles. The van der Waals surface area contributed by atoms with Crippen molar-refractivity contribution >= 4 is 33.0 Å². The van der Waals surface area contributed by atoms with Crippen molar-refractivity contribution in [3.05, 3.63) is 51.9 Å². The van der Waals surface area contributed by atoms with E-state index in [0.29, 0.717) is 9.23 Å². The second kappa shape index (κ2) is 4.90. The standard InChI is InChI=1S/C13H12ClNO2S2/c14-10-4-5-11-9(8-10)3-6-12(11)15-19(16,17)13-2-1-7-18-13/h1-2,4-5,7-8,12,15H,3,6H2/t12-/m0/s1. The lowest BCUT2D eigenvalue weighted by atomic mass is 10.1. The van der Waals surface area contributed by atoms with E-state index in [0.717, 1.165) is 24.0 Å². The van der Waals surface area contributed by atoms with Crippen LogP contribution < -0.4 is 4.72 Å². The summed E-state index contributed by atoms with van der Waals surface area (Å²) in [5, 5.41) is 2.46. The molecule has 1 aromatic carbocycles. The summed E-state index contributed by atoms with van der Waals surface area (Å²) in [7, 11) is -3.42. The number of halogens is 1. The number of benzene rings is 1. The topological polar surface area (TPSA) is 46.2 Å². The highest BCUT2D eigenvalue weighted by atomic mass is 35.5. The van der Waals surface area contributed by atoms with Crippen molar-refractivity contribution in [2.45, 2.75) is 23.1 Å². The number of sulfonamides is 1. The molecule has 0 saturated carbocycles. The maximum Gasteiger partial charge on any atom is 0.250 e. The smallest absolute Gasteiger partial charge is 0.206 e. The largest absolute Gasteiger partial charge is 0.250 e. The molecule has 0 amide bonds. The molecule has 0 bridgehead atoms.